The summed E-state index contributed by atoms with van der Waals surface area (Å²) in [7, 11) is 0. The first-order chi connectivity index (χ1) is 6.66. The average molecular weight is 213 g/mol. The summed E-state index contributed by atoms with van der Waals surface area (Å²) in [5.41, 5.74) is 7.14. The fourth-order valence-electron chi connectivity index (χ4n) is 1.07. The molecule has 0 aliphatic rings. The first-order valence-electron chi connectivity index (χ1n) is 4.02. The molecule has 1 aromatic carbocycles. The second-order valence-corrected chi connectivity index (χ2v) is 3.20. The van der Waals surface area contributed by atoms with Crippen LogP contribution < -0.4 is 5.73 Å². The Morgan fingerprint density at radius 1 is 1.64 bits per heavy atom. The van der Waals surface area contributed by atoms with Crippen LogP contribution in [-0.4, -0.2) is 5.55 Å². The van der Waals surface area contributed by atoms with Crippen molar-refractivity contribution >= 4 is 22.9 Å². The number of aliphatic imine (C=N–C) groups is 1. The molecule has 2 N–H and O–H groups in total. The summed E-state index contributed by atoms with van der Waals surface area (Å²) in [6.07, 6.45) is 0. The highest BCUT2D eigenvalue weighted by atomic mass is 32.1. The molecule has 0 radical (unpaired) electrons. The van der Waals surface area contributed by atoms with E-state index in [0.717, 1.165) is 5.55 Å². The van der Waals surface area contributed by atoms with Crippen molar-refractivity contribution < 1.29 is 8.60 Å². The molecule has 14 heavy (non-hydrogen) atoms. The molecule has 1 aromatic rings. The number of nitrogens with two attached hydrogens (primary N) is 1. The Hall–Kier alpha value is -1.20. The lowest BCUT2D eigenvalue weighted by Crippen LogP contribution is -2.07. The van der Waals surface area contributed by atoms with Crippen molar-refractivity contribution in [2.24, 2.45) is 10.7 Å². The fraction of sp³-hybridized carbons (Fsp3) is 0.222. The van der Waals surface area contributed by atoms with Gasteiger partial charge in [0.15, 0.2) is 5.82 Å². The number of rotatable bonds is 3. The highest BCUT2D eigenvalue weighted by molar-refractivity contribution is 7.81. The summed E-state index contributed by atoms with van der Waals surface area (Å²) in [4.78, 5) is 3.66. The van der Waals surface area contributed by atoms with E-state index >= 15 is 0 Å². The topological polar surface area (TPSA) is 55.4 Å². The number of benzene rings is 1. The smallest absolute Gasteiger partial charge is 0.324 e. The minimum absolute atomic E-state index is 0.142. The third-order valence-corrected chi connectivity index (χ3v) is 1.93. The Morgan fingerprint density at radius 2 is 2.36 bits per heavy atom. The number of hydrogen-bond donors (Lipinski definition) is 1. The van der Waals surface area contributed by atoms with Crippen LogP contribution in [0.4, 0.5) is 10.1 Å². The van der Waals surface area contributed by atoms with Crippen LogP contribution in [0.5, 0.6) is 0 Å². The van der Waals surface area contributed by atoms with Crippen LogP contribution in [0.2, 0.25) is 0 Å². The second kappa shape index (κ2) is 4.88. The van der Waals surface area contributed by atoms with Gasteiger partial charge < -0.3 is 5.73 Å². The Kier molecular flexibility index (Phi) is 3.79. The third-order valence-electron chi connectivity index (χ3n) is 1.73. The molecule has 3 nitrogen and oxygen atoms in total. The molecule has 0 aliphatic carbocycles. The lowest BCUT2D eigenvalue weighted by atomic mass is 10.1. The SMILES string of the molecule is CC(N)c1cccc(N=C[S+]=O)c1F. The van der Waals surface area contributed by atoms with Gasteiger partial charge in [0, 0.05) is 15.8 Å². The molecule has 0 spiro atoms. The first kappa shape index (κ1) is 10.9. The van der Waals surface area contributed by atoms with E-state index in [1.165, 1.54) is 6.07 Å². The van der Waals surface area contributed by atoms with E-state index in [-0.39, 0.29) is 23.4 Å². The van der Waals surface area contributed by atoms with Gasteiger partial charge in [0.1, 0.15) is 5.69 Å². The second-order valence-electron chi connectivity index (χ2n) is 2.80. The number of nitrogens with zero attached hydrogens (tertiary/aromatic N) is 1. The van der Waals surface area contributed by atoms with Gasteiger partial charge in [-0.05, 0) is 13.0 Å². The van der Waals surface area contributed by atoms with Crippen molar-refractivity contribution in [3.63, 3.8) is 0 Å². The van der Waals surface area contributed by atoms with Crippen molar-refractivity contribution in [3.8, 4) is 0 Å². The van der Waals surface area contributed by atoms with E-state index in [9.17, 15) is 8.60 Å². The minimum atomic E-state index is -0.465. The molecular weight excluding hydrogens is 203 g/mol. The van der Waals surface area contributed by atoms with Crippen LogP contribution in [0.15, 0.2) is 23.2 Å². The third kappa shape index (κ3) is 2.40. The molecule has 5 heteroatoms. The molecule has 0 amide bonds. The molecule has 0 saturated heterocycles. The standard InChI is InChI=1S/C9H10FN2OS/c1-6(11)7-3-2-4-8(9(7)10)12-5-14-13/h2-6H,11H2,1H3/q+1. The zero-order valence-electron chi connectivity index (χ0n) is 7.61. The van der Waals surface area contributed by atoms with E-state index in [2.05, 4.69) is 4.99 Å². The summed E-state index contributed by atoms with van der Waals surface area (Å²) in [5.74, 6) is -0.465. The molecule has 1 unspecified atom stereocenters. The lowest BCUT2D eigenvalue weighted by molar-refractivity contribution is 0.596. The van der Waals surface area contributed by atoms with E-state index in [4.69, 9.17) is 5.73 Å². The average Bonchev–Trinajstić information content (AvgIpc) is 2.16. The summed E-state index contributed by atoms with van der Waals surface area (Å²) in [6.45, 7) is 1.69. The molecule has 0 saturated carbocycles. The highest BCUT2D eigenvalue weighted by Gasteiger charge is 2.10. The Morgan fingerprint density at radius 3 is 2.93 bits per heavy atom. The van der Waals surface area contributed by atoms with Crippen LogP contribution in [0, 0.1) is 5.82 Å². The number of halogens is 1. The fourth-order valence-corrected chi connectivity index (χ4v) is 1.22. The molecule has 0 bridgehead atoms. The molecule has 0 aromatic heterocycles. The first-order valence-corrected chi connectivity index (χ1v) is 4.82. The van der Waals surface area contributed by atoms with E-state index in [1.807, 2.05) is 0 Å². The Balaban J connectivity index is 3.13. The van der Waals surface area contributed by atoms with Gasteiger partial charge in [0.05, 0.1) is 0 Å². The molecule has 1 atom stereocenters. The molecule has 0 fully saturated rings. The Labute approximate surface area is 85.3 Å². The monoisotopic (exact) mass is 213 g/mol. The quantitative estimate of drug-likeness (QED) is 0.474. The van der Waals surface area contributed by atoms with Crippen LogP contribution >= 0.6 is 0 Å². The van der Waals surface area contributed by atoms with Crippen LogP contribution in [-0.2, 0) is 15.9 Å². The van der Waals surface area contributed by atoms with E-state index in [1.54, 1.807) is 19.1 Å². The maximum Gasteiger partial charge on any atom is 0.518 e. The predicted molar refractivity (Wildman–Crippen MR) is 55.2 cm³/mol. The largest absolute Gasteiger partial charge is 0.518 e. The number of hydrogen-bond acceptors (Lipinski definition) is 3. The van der Waals surface area contributed by atoms with Crippen molar-refractivity contribution in [1.29, 1.82) is 0 Å². The van der Waals surface area contributed by atoms with Crippen molar-refractivity contribution in [3.05, 3.63) is 29.6 Å². The normalized spacial score (nSPS) is 13.1. The van der Waals surface area contributed by atoms with Gasteiger partial charge in [0.2, 0.25) is 0 Å². The maximum absolute atomic E-state index is 13.5. The zero-order chi connectivity index (χ0) is 10.6. The zero-order valence-corrected chi connectivity index (χ0v) is 8.42. The van der Waals surface area contributed by atoms with Gasteiger partial charge >= 0.3 is 17.2 Å². The summed E-state index contributed by atoms with van der Waals surface area (Å²) in [5, 5.41) is 0. The van der Waals surface area contributed by atoms with Crippen molar-refractivity contribution in [1.82, 2.24) is 0 Å². The molecular formula is C9H10FN2OS+. The minimum Gasteiger partial charge on any atom is -0.324 e. The van der Waals surface area contributed by atoms with Gasteiger partial charge in [-0.2, -0.15) is 4.99 Å². The van der Waals surface area contributed by atoms with E-state index in [0.29, 0.717) is 5.56 Å². The summed E-state index contributed by atoms with van der Waals surface area (Å²) in [6, 6.07) is 4.37. The van der Waals surface area contributed by atoms with Crippen LogP contribution in [0.3, 0.4) is 0 Å². The van der Waals surface area contributed by atoms with Gasteiger partial charge in [0.25, 0.3) is 0 Å². The van der Waals surface area contributed by atoms with E-state index < -0.39 is 5.82 Å². The van der Waals surface area contributed by atoms with Crippen molar-refractivity contribution in [2.45, 2.75) is 13.0 Å². The van der Waals surface area contributed by atoms with Gasteiger partial charge in [-0.25, -0.2) is 4.39 Å². The van der Waals surface area contributed by atoms with Gasteiger partial charge in [-0.1, -0.05) is 12.1 Å². The van der Waals surface area contributed by atoms with Crippen LogP contribution in [0.1, 0.15) is 18.5 Å². The molecule has 0 heterocycles. The maximum atomic E-state index is 13.5. The molecule has 1 rings (SSSR count). The van der Waals surface area contributed by atoms with Gasteiger partial charge in [-0.3, -0.25) is 0 Å². The van der Waals surface area contributed by atoms with Gasteiger partial charge in [-0.15, -0.1) is 0 Å². The summed E-state index contributed by atoms with van der Waals surface area (Å²) >= 11 is 0.180. The molecule has 0 aliphatic heterocycles. The highest BCUT2D eigenvalue weighted by Crippen LogP contribution is 2.23. The predicted octanol–water partition coefficient (Wildman–Crippen LogP) is 1.93. The lowest BCUT2D eigenvalue weighted by Gasteiger charge is -2.07. The molecule has 74 valence electrons. The summed E-state index contributed by atoms with van der Waals surface area (Å²) < 4.78 is 23.6. The van der Waals surface area contributed by atoms with Crippen molar-refractivity contribution in [2.75, 3.05) is 0 Å². The Bertz CT molecular complexity index is 366. The van der Waals surface area contributed by atoms with Crippen LogP contribution in [0.25, 0.3) is 0 Å².